The average molecular weight is 419 g/mol. The van der Waals surface area contributed by atoms with Crippen molar-refractivity contribution in [2.75, 3.05) is 20.3 Å². The van der Waals surface area contributed by atoms with Gasteiger partial charge in [-0.2, -0.15) is 15.1 Å². The highest BCUT2D eigenvalue weighted by Crippen LogP contribution is 2.23. The van der Waals surface area contributed by atoms with Crippen LogP contribution in [-0.2, 0) is 16.2 Å². The summed E-state index contributed by atoms with van der Waals surface area (Å²) in [5.41, 5.74) is 1.41. The van der Waals surface area contributed by atoms with Gasteiger partial charge in [0, 0.05) is 20.9 Å². The van der Waals surface area contributed by atoms with Crippen molar-refractivity contribution in [1.29, 1.82) is 0 Å². The number of imidazole rings is 1. The number of carbonyl (C=O) groups is 1. The zero-order chi connectivity index (χ0) is 21.0. The van der Waals surface area contributed by atoms with Gasteiger partial charge in [0.25, 0.3) is 5.95 Å². The summed E-state index contributed by atoms with van der Waals surface area (Å²) in [6.07, 6.45) is 4.56. The van der Waals surface area contributed by atoms with Crippen LogP contribution in [-0.4, -0.2) is 63.7 Å². The molecule has 0 aliphatic carbocycles. The van der Waals surface area contributed by atoms with Crippen molar-refractivity contribution < 1.29 is 19.0 Å². The lowest BCUT2D eigenvalue weighted by molar-refractivity contribution is 0.0526. The maximum absolute atomic E-state index is 11.8. The number of methoxy groups -OCH3 is 1. The molecule has 0 fully saturated rings. The molecule has 0 aliphatic heterocycles. The number of fused-ring (bicyclic) bond motifs is 1. The second-order valence-electron chi connectivity index (χ2n) is 7.66. The lowest BCUT2D eigenvalue weighted by atomic mass is 10.4. The fraction of sp³-hybridized carbons (Fsp3) is 0.500. The molecule has 11 heteroatoms. The zero-order valence-electron chi connectivity index (χ0n) is 17.4. The first-order chi connectivity index (χ1) is 13.8. The summed E-state index contributed by atoms with van der Waals surface area (Å²) in [5.74, 6) is 0.144. The number of nitrogens with zero attached hydrogens (tertiary/aromatic N) is 6. The van der Waals surface area contributed by atoms with Crippen LogP contribution in [0.1, 0.15) is 17.3 Å². The summed E-state index contributed by atoms with van der Waals surface area (Å²) in [7, 11) is 0.381. The Morgan fingerprint density at radius 3 is 2.72 bits per heavy atom. The molecule has 3 heterocycles. The van der Waals surface area contributed by atoms with Crippen LogP contribution in [0.2, 0.25) is 25.7 Å². The van der Waals surface area contributed by atoms with E-state index in [1.54, 1.807) is 13.3 Å². The monoisotopic (exact) mass is 418 g/mol. The van der Waals surface area contributed by atoms with Gasteiger partial charge >= 0.3 is 5.97 Å². The molecule has 156 valence electrons. The van der Waals surface area contributed by atoms with E-state index in [-0.39, 0.29) is 12.6 Å². The number of hydrogen-bond acceptors (Lipinski definition) is 8. The van der Waals surface area contributed by atoms with Crippen molar-refractivity contribution in [3.05, 3.63) is 24.3 Å². The van der Waals surface area contributed by atoms with Gasteiger partial charge in [-0.05, 0) is 13.0 Å². The summed E-state index contributed by atoms with van der Waals surface area (Å²) < 4.78 is 19.4. The van der Waals surface area contributed by atoms with Crippen LogP contribution in [0.15, 0.2) is 18.7 Å². The van der Waals surface area contributed by atoms with Gasteiger partial charge < -0.3 is 18.8 Å². The van der Waals surface area contributed by atoms with Gasteiger partial charge in [0.15, 0.2) is 11.2 Å². The quantitative estimate of drug-likeness (QED) is 0.296. The topological polar surface area (TPSA) is 106 Å². The van der Waals surface area contributed by atoms with Crippen LogP contribution in [0, 0.1) is 0 Å². The third-order valence-corrected chi connectivity index (χ3v) is 5.85. The Morgan fingerprint density at radius 1 is 1.24 bits per heavy atom. The van der Waals surface area contributed by atoms with Gasteiger partial charge in [0.1, 0.15) is 6.73 Å². The van der Waals surface area contributed by atoms with Crippen LogP contribution in [0.4, 0.5) is 0 Å². The minimum absolute atomic E-state index is 0.245. The highest BCUT2D eigenvalue weighted by molar-refractivity contribution is 6.76. The van der Waals surface area contributed by atoms with Crippen molar-refractivity contribution in [2.45, 2.75) is 39.3 Å². The Morgan fingerprint density at radius 2 is 2.03 bits per heavy atom. The molecule has 0 aliphatic rings. The number of rotatable bonds is 9. The van der Waals surface area contributed by atoms with Gasteiger partial charge in [0.2, 0.25) is 5.88 Å². The fourth-order valence-corrected chi connectivity index (χ4v) is 3.33. The molecule has 0 spiro atoms. The summed E-state index contributed by atoms with van der Waals surface area (Å²) in [5, 5.41) is 4.14. The van der Waals surface area contributed by atoms with E-state index in [2.05, 4.69) is 39.7 Å². The number of hydrogen-bond donors (Lipinski definition) is 0. The van der Waals surface area contributed by atoms with Crippen LogP contribution in [0.25, 0.3) is 17.1 Å². The predicted octanol–water partition coefficient (Wildman–Crippen LogP) is 2.51. The van der Waals surface area contributed by atoms with Crippen molar-refractivity contribution in [3.63, 3.8) is 0 Å². The maximum Gasteiger partial charge on any atom is 0.341 e. The number of aromatic nitrogens is 6. The first-order valence-corrected chi connectivity index (χ1v) is 13.1. The molecule has 0 bridgehead atoms. The SMILES string of the molecule is CCOC(=O)c1cnn(-c2nc(OC)c3c(ncn3COCC[Si](C)(C)C)n2)c1. The van der Waals surface area contributed by atoms with Crippen molar-refractivity contribution in [2.24, 2.45) is 0 Å². The van der Waals surface area contributed by atoms with E-state index in [4.69, 9.17) is 14.2 Å². The Balaban J connectivity index is 1.83. The van der Waals surface area contributed by atoms with Crippen LogP contribution in [0.5, 0.6) is 5.88 Å². The summed E-state index contributed by atoms with van der Waals surface area (Å²) >= 11 is 0. The molecule has 10 nitrogen and oxygen atoms in total. The molecule has 0 radical (unpaired) electrons. The Hall–Kier alpha value is -2.79. The number of ether oxygens (including phenoxy) is 3. The highest BCUT2D eigenvalue weighted by atomic mass is 28.3. The minimum atomic E-state index is -1.15. The van der Waals surface area contributed by atoms with Crippen molar-refractivity contribution in [1.82, 2.24) is 29.3 Å². The molecule has 0 atom stereocenters. The molecule has 0 aromatic carbocycles. The van der Waals surface area contributed by atoms with Gasteiger partial charge in [-0.1, -0.05) is 19.6 Å². The Labute approximate surface area is 169 Å². The Kier molecular flexibility index (Phi) is 6.28. The molecule has 0 N–H and O–H groups in total. The second-order valence-corrected chi connectivity index (χ2v) is 13.3. The van der Waals surface area contributed by atoms with Gasteiger partial charge in [-0.25, -0.2) is 14.5 Å². The Bertz CT molecular complexity index is 994. The van der Waals surface area contributed by atoms with Crippen LogP contribution < -0.4 is 4.74 Å². The largest absolute Gasteiger partial charge is 0.479 e. The molecular weight excluding hydrogens is 392 g/mol. The van der Waals surface area contributed by atoms with E-state index >= 15 is 0 Å². The highest BCUT2D eigenvalue weighted by Gasteiger charge is 2.18. The maximum atomic E-state index is 11.8. The molecular formula is C18H26N6O4Si. The minimum Gasteiger partial charge on any atom is -0.479 e. The number of carbonyl (C=O) groups excluding carboxylic acids is 1. The fourth-order valence-electron chi connectivity index (χ4n) is 2.57. The van der Waals surface area contributed by atoms with E-state index in [1.807, 2.05) is 4.57 Å². The van der Waals surface area contributed by atoms with E-state index in [0.29, 0.717) is 35.9 Å². The standard InChI is InChI=1S/C18H26N6O4Si/c1-6-28-17(25)13-9-20-24(10-13)18-21-15-14(16(22-18)26-2)23(11-19-15)12-27-7-8-29(3,4)5/h9-11H,6-8,12H2,1-5H3. The smallest absolute Gasteiger partial charge is 0.341 e. The van der Waals surface area contributed by atoms with Crippen molar-refractivity contribution in [3.8, 4) is 11.8 Å². The lowest BCUT2D eigenvalue weighted by Crippen LogP contribution is -2.22. The molecule has 3 rings (SSSR count). The van der Waals surface area contributed by atoms with E-state index < -0.39 is 14.0 Å². The van der Waals surface area contributed by atoms with Gasteiger partial charge in [-0.3, -0.25) is 0 Å². The van der Waals surface area contributed by atoms with E-state index in [0.717, 1.165) is 6.04 Å². The summed E-state index contributed by atoms with van der Waals surface area (Å²) in [6.45, 7) is 10.0. The molecule has 0 saturated carbocycles. The lowest BCUT2D eigenvalue weighted by Gasteiger charge is -2.15. The van der Waals surface area contributed by atoms with Crippen LogP contribution >= 0.6 is 0 Å². The average Bonchev–Trinajstić information content (AvgIpc) is 3.31. The molecule has 3 aromatic heterocycles. The first kappa shape index (κ1) is 20.9. The molecule has 0 amide bonds. The second kappa shape index (κ2) is 8.70. The van der Waals surface area contributed by atoms with Gasteiger partial charge in [0.05, 0.1) is 31.8 Å². The van der Waals surface area contributed by atoms with Gasteiger partial charge in [-0.15, -0.1) is 0 Å². The van der Waals surface area contributed by atoms with E-state index in [1.165, 1.54) is 24.2 Å². The molecule has 3 aromatic rings. The van der Waals surface area contributed by atoms with Crippen molar-refractivity contribution >= 4 is 25.2 Å². The normalized spacial score (nSPS) is 11.8. The predicted molar refractivity (Wildman–Crippen MR) is 109 cm³/mol. The number of esters is 1. The van der Waals surface area contributed by atoms with Crippen LogP contribution in [0.3, 0.4) is 0 Å². The molecule has 0 unspecified atom stereocenters. The third-order valence-electron chi connectivity index (χ3n) is 4.15. The molecule has 29 heavy (non-hydrogen) atoms. The van der Waals surface area contributed by atoms with E-state index in [9.17, 15) is 4.79 Å². The summed E-state index contributed by atoms with van der Waals surface area (Å²) in [6, 6.07) is 1.08. The molecule has 0 saturated heterocycles. The summed E-state index contributed by atoms with van der Waals surface area (Å²) in [4.78, 5) is 25.0. The first-order valence-electron chi connectivity index (χ1n) is 9.39. The third kappa shape index (κ3) is 4.98. The zero-order valence-corrected chi connectivity index (χ0v) is 18.4.